The van der Waals surface area contributed by atoms with Crippen LogP contribution in [0.2, 0.25) is 0 Å². The van der Waals surface area contributed by atoms with Gasteiger partial charge in [-0.3, -0.25) is 4.79 Å². The standard InChI is InChI=1S/C9H15IO/c10-7-2-1-4-8-5-3-6-9(8)11/h8H,1-7H2. The first kappa shape index (κ1) is 9.49. The molecule has 1 nitrogen and oxygen atoms in total. The van der Waals surface area contributed by atoms with E-state index in [-0.39, 0.29) is 0 Å². The topological polar surface area (TPSA) is 17.1 Å². The van der Waals surface area contributed by atoms with Gasteiger partial charge < -0.3 is 0 Å². The van der Waals surface area contributed by atoms with Gasteiger partial charge in [0, 0.05) is 12.3 Å². The molecule has 0 aromatic heterocycles. The van der Waals surface area contributed by atoms with E-state index >= 15 is 0 Å². The van der Waals surface area contributed by atoms with E-state index in [1.54, 1.807) is 0 Å². The Balaban J connectivity index is 2.10. The Labute approximate surface area is 82.1 Å². The second-order valence-electron chi connectivity index (χ2n) is 3.24. The number of unbranched alkanes of at least 4 members (excludes halogenated alkanes) is 1. The minimum absolute atomic E-state index is 0.443. The number of hydrogen-bond donors (Lipinski definition) is 0. The minimum atomic E-state index is 0.443. The zero-order chi connectivity index (χ0) is 8.10. The van der Waals surface area contributed by atoms with E-state index < -0.39 is 0 Å². The lowest BCUT2D eigenvalue weighted by atomic mass is 10.0. The summed E-state index contributed by atoms with van der Waals surface area (Å²) in [6, 6.07) is 0. The van der Waals surface area contributed by atoms with E-state index in [2.05, 4.69) is 22.6 Å². The molecule has 0 aromatic carbocycles. The molecule has 0 aromatic rings. The van der Waals surface area contributed by atoms with E-state index in [0.717, 1.165) is 19.3 Å². The fraction of sp³-hybridized carbons (Fsp3) is 0.889. The molecule has 0 amide bonds. The van der Waals surface area contributed by atoms with Crippen molar-refractivity contribution in [1.29, 1.82) is 0 Å². The van der Waals surface area contributed by atoms with Gasteiger partial charge in [0.1, 0.15) is 5.78 Å². The Morgan fingerprint density at radius 2 is 2.27 bits per heavy atom. The summed E-state index contributed by atoms with van der Waals surface area (Å²) >= 11 is 2.39. The van der Waals surface area contributed by atoms with Crippen molar-refractivity contribution in [3.63, 3.8) is 0 Å². The van der Waals surface area contributed by atoms with Gasteiger partial charge in [-0.05, 0) is 30.1 Å². The first-order chi connectivity index (χ1) is 5.34. The zero-order valence-corrected chi connectivity index (χ0v) is 8.97. The maximum Gasteiger partial charge on any atom is 0.135 e. The van der Waals surface area contributed by atoms with Crippen LogP contribution in [-0.2, 0) is 4.79 Å². The van der Waals surface area contributed by atoms with Gasteiger partial charge in [0.15, 0.2) is 0 Å². The van der Waals surface area contributed by atoms with E-state index in [1.165, 1.54) is 23.7 Å². The first-order valence-electron chi connectivity index (χ1n) is 4.43. The molecular formula is C9H15IO. The highest BCUT2D eigenvalue weighted by Crippen LogP contribution is 2.25. The Morgan fingerprint density at radius 1 is 1.45 bits per heavy atom. The number of hydrogen-bond acceptors (Lipinski definition) is 1. The second kappa shape index (κ2) is 5.12. The van der Waals surface area contributed by atoms with Gasteiger partial charge in [0.2, 0.25) is 0 Å². The molecule has 1 rings (SSSR count). The summed E-state index contributed by atoms with van der Waals surface area (Å²) in [7, 11) is 0. The van der Waals surface area contributed by atoms with Crippen LogP contribution in [0.15, 0.2) is 0 Å². The van der Waals surface area contributed by atoms with Crippen LogP contribution >= 0.6 is 22.6 Å². The average molecular weight is 266 g/mol. The van der Waals surface area contributed by atoms with E-state index in [1.807, 2.05) is 0 Å². The summed E-state index contributed by atoms with van der Waals surface area (Å²) < 4.78 is 1.23. The summed E-state index contributed by atoms with van der Waals surface area (Å²) in [5.74, 6) is 0.969. The van der Waals surface area contributed by atoms with Crippen LogP contribution in [0.1, 0.15) is 38.5 Å². The lowest BCUT2D eigenvalue weighted by Gasteiger charge is -2.05. The van der Waals surface area contributed by atoms with Crippen LogP contribution in [0, 0.1) is 5.92 Å². The van der Waals surface area contributed by atoms with Gasteiger partial charge in [0.25, 0.3) is 0 Å². The quantitative estimate of drug-likeness (QED) is 0.434. The minimum Gasteiger partial charge on any atom is -0.299 e. The summed E-state index contributed by atoms with van der Waals surface area (Å²) in [4.78, 5) is 11.2. The average Bonchev–Trinajstić information content (AvgIpc) is 2.37. The van der Waals surface area contributed by atoms with Crippen molar-refractivity contribution >= 4 is 28.4 Å². The molecule has 0 radical (unpaired) electrons. The van der Waals surface area contributed by atoms with E-state index in [9.17, 15) is 4.79 Å². The molecule has 0 aliphatic heterocycles. The van der Waals surface area contributed by atoms with Crippen molar-refractivity contribution < 1.29 is 4.79 Å². The Morgan fingerprint density at radius 3 is 2.82 bits per heavy atom. The SMILES string of the molecule is O=C1CCCC1CCCCI. The van der Waals surface area contributed by atoms with Crippen LogP contribution in [0.3, 0.4) is 0 Å². The number of carbonyl (C=O) groups excluding carboxylic acids is 1. The lowest BCUT2D eigenvalue weighted by molar-refractivity contribution is -0.120. The fourth-order valence-corrected chi connectivity index (χ4v) is 2.22. The highest BCUT2D eigenvalue weighted by atomic mass is 127. The molecule has 1 aliphatic carbocycles. The monoisotopic (exact) mass is 266 g/mol. The number of ketones is 1. The molecule has 0 spiro atoms. The van der Waals surface area contributed by atoms with Crippen LogP contribution in [0.5, 0.6) is 0 Å². The molecule has 0 bridgehead atoms. The predicted molar refractivity (Wildman–Crippen MR) is 55.1 cm³/mol. The second-order valence-corrected chi connectivity index (χ2v) is 4.32. The molecule has 1 saturated carbocycles. The van der Waals surface area contributed by atoms with Gasteiger partial charge >= 0.3 is 0 Å². The first-order valence-corrected chi connectivity index (χ1v) is 5.96. The summed E-state index contributed by atoms with van der Waals surface area (Å²) in [5.41, 5.74) is 0. The van der Waals surface area contributed by atoms with Crippen LogP contribution < -0.4 is 0 Å². The van der Waals surface area contributed by atoms with Gasteiger partial charge in [-0.25, -0.2) is 0 Å². The molecule has 0 saturated heterocycles. The summed E-state index contributed by atoms with van der Waals surface area (Å²) in [5, 5.41) is 0. The van der Waals surface area contributed by atoms with E-state index in [0.29, 0.717) is 11.7 Å². The number of Topliss-reactive ketones (excluding diaryl/α,β-unsaturated/α-hetero) is 1. The lowest BCUT2D eigenvalue weighted by Crippen LogP contribution is -2.05. The highest BCUT2D eigenvalue weighted by Gasteiger charge is 2.23. The molecule has 64 valence electrons. The molecule has 2 heteroatoms. The third-order valence-electron chi connectivity index (χ3n) is 2.37. The van der Waals surface area contributed by atoms with Crippen LogP contribution in [0.25, 0.3) is 0 Å². The number of alkyl halides is 1. The van der Waals surface area contributed by atoms with Gasteiger partial charge in [-0.1, -0.05) is 29.0 Å². The van der Waals surface area contributed by atoms with Crippen molar-refractivity contribution in [3.05, 3.63) is 0 Å². The zero-order valence-electron chi connectivity index (χ0n) is 6.81. The molecule has 0 heterocycles. The molecule has 11 heavy (non-hydrogen) atoms. The number of rotatable bonds is 4. The van der Waals surface area contributed by atoms with Crippen LogP contribution in [0.4, 0.5) is 0 Å². The van der Waals surface area contributed by atoms with Gasteiger partial charge in [-0.2, -0.15) is 0 Å². The fourth-order valence-electron chi connectivity index (χ4n) is 1.68. The molecule has 1 atom stereocenters. The predicted octanol–water partition coefficient (Wildman–Crippen LogP) is 2.96. The normalized spacial score (nSPS) is 24.5. The third kappa shape index (κ3) is 3.09. The third-order valence-corrected chi connectivity index (χ3v) is 3.13. The van der Waals surface area contributed by atoms with Crippen molar-refractivity contribution in [2.45, 2.75) is 38.5 Å². The maximum absolute atomic E-state index is 11.2. The largest absolute Gasteiger partial charge is 0.299 e. The summed E-state index contributed by atoms with van der Waals surface area (Å²) in [6.07, 6.45) is 6.86. The van der Waals surface area contributed by atoms with Crippen molar-refractivity contribution in [3.8, 4) is 0 Å². The summed E-state index contributed by atoms with van der Waals surface area (Å²) in [6.45, 7) is 0. The number of carbonyl (C=O) groups is 1. The smallest absolute Gasteiger partial charge is 0.135 e. The molecular weight excluding hydrogens is 251 g/mol. The Bertz CT molecular complexity index is 134. The van der Waals surface area contributed by atoms with Crippen molar-refractivity contribution in [2.24, 2.45) is 5.92 Å². The molecule has 1 fully saturated rings. The maximum atomic E-state index is 11.2. The van der Waals surface area contributed by atoms with Crippen LogP contribution in [-0.4, -0.2) is 10.2 Å². The molecule has 0 N–H and O–H groups in total. The molecule has 1 unspecified atom stereocenters. The van der Waals surface area contributed by atoms with Gasteiger partial charge in [0.05, 0.1) is 0 Å². The van der Waals surface area contributed by atoms with Gasteiger partial charge in [-0.15, -0.1) is 0 Å². The molecule has 1 aliphatic rings. The Hall–Kier alpha value is 0.400. The van der Waals surface area contributed by atoms with Crippen molar-refractivity contribution in [2.75, 3.05) is 4.43 Å². The number of halogens is 1. The highest BCUT2D eigenvalue weighted by molar-refractivity contribution is 14.1. The van der Waals surface area contributed by atoms with Crippen molar-refractivity contribution in [1.82, 2.24) is 0 Å². The van der Waals surface area contributed by atoms with E-state index in [4.69, 9.17) is 0 Å². The Kier molecular flexibility index (Phi) is 4.41.